The monoisotopic (exact) mass is 573 g/mol. The van der Waals surface area contributed by atoms with Crippen molar-refractivity contribution in [1.82, 2.24) is 9.29 Å². The van der Waals surface area contributed by atoms with E-state index in [9.17, 15) is 32.2 Å². The number of nitrogens with one attached hydrogen (secondary N) is 2. The van der Waals surface area contributed by atoms with Crippen LogP contribution in [0.2, 0.25) is 5.02 Å². The number of carbonyl (C=O) groups is 1. The highest BCUT2D eigenvalue weighted by atomic mass is 35.5. The van der Waals surface area contributed by atoms with Crippen LogP contribution in [0.3, 0.4) is 0 Å². The van der Waals surface area contributed by atoms with E-state index < -0.39 is 45.8 Å². The number of hydrogen-bond donors (Lipinski definition) is 4. The van der Waals surface area contributed by atoms with Crippen molar-refractivity contribution in [2.24, 2.45) is 11.8 Å². The van der Waals surface area contributed by atoms with Crippen molar-refractivity contribution < 1.29 is 32.2 Å². The normalized spacial score (nSPS) is 23.5. The van der Waals surface area contributed by atoms with Gasteiger partial charge in [0.25, 0.3) is 5.91 Å². The number of halogens is 3. The maximum atomic E-state index is 13.9. The minimum atomic E-state index is -4.19. The lowest BCUT2D eigenvalue weighted by Gasteiger charge is -2.30. The fourth-order valence-corrected chi connectivity index (χ4v) is 8.07. The van der Waals surface area contributed by atoms with Crippen LogP contribution < -0.4 is 10.0 Å². The van der Waals surface area contributed by atoms with Crippen LogP contribution in [0, 0.1) is 23.5 Å². The molecule has 12 heteroatoms. The summed E-state index contributed by atoms with van der Waals surface area (Å²) < 4.78 is 59.2. The Bertz CT molecular complexity index is 1310. The van der Waals surface area contributed by atoms with E-state index in [0.717, 1.165) is 31.4 Å². The molecule has 4 unspecified atom stereocenters. The fraction of sp³-hybridized carbons (Fsp3) is 0.577. The highest BCUT2D eigenvalue weighted by Gasteiger charge is 2.42. The van der Waals surface area contributed by atoms with E-state index in [2.05, 4.69) is 10.0 Å². The minimum Gasteiger partial charge on any atom is -0.393 e. The number of anilines is 1. The van der Waals surface area contributed by atoms with Gasteiger partial charge in [0, 0.05) is 30.0 Å². The number of nitrogens with zero attached hydrogens (tertiary/aromatic N) is 1. The minimum absolute atomic E-state index is 0.00947. The second-order valence-electron chi connectivity index (χ2n) is 10.8. The van der Waals surface area contributed by atoms with Crippen molar-refractivity contribution in [2.75, 3.05) is 11.9 Å². The molecular weight excluding hydrogens is 540 g/mol. The summed E-state index contributed by atoms with van der Waals surface area (Å²) in [5.41, 5.74) is -0.947. The van der Waals surface area contributed by atoms with E-state index >= 15 is 0 Å². The molecule has 38 heavy (non-hydrogen) atoms. The van der Waals surface area contributed by atoms with Crippen molar-refractivity contribution in [3.8, 4) is 0 Å². The summed E-state index contributed by atoms with van der Waals surface area (Å²) in [7, 11) is -4.19. The highest BCUT2D eigenvalue weighted by Crippen LogP contribution is 2.40. The Kier molecular flexibility index (Phi) is 8.54. The van der Waals surface area contributed by atoms with Gasteiger partial charge >= 0.3 is 0 Å². The summed E-state index contributed by atoms with van der Waals surface area (Å²) in [6.07, 6.45) is 4.34. The molecule has 1 aromatic carbocycles. The van der Waals surface area contributed by atoms with Crippen LogP contribution in [0.25, 0.3) is 0 Å². The second-order valence-corrected chi connectivity index (χ2v) is 12.8. The molecule has 0 radical (unpaired) electrons. The summed E-state index contributed by atoms with van der Waals surface area (Å²) >= 11 is 6.65. The molecule has 4 N–H and O–H groups in total. The highest BCUT2D eigenvalue weighted by molar-refractivity contribution is 7.89. The second kappa shape index (κ2) is 11.2. The molecule has 4 atom stereocenters. The van der Waals surface area contributed by atoms with Crippen LogP contribution >= 0.6 is 11.6 Å². The molecule has 210 valence electrons. The summed E-state index contributed by atoms with van der Waals surface area (Å²) in [4.78, 5) is 13.1. The van der Waals surface area contributed by atoms with Gasteiger partial charge in [-0.1, -0.05) is 24.9 Å². The number of fused-ring (bicyclic) bond motifs is 1. The Morgan fingerprint density at radius 2 is 1.95 bits per heavy atom. The van der Waals surface area contributed by atoms with Gasteiger partial charge in [-0.05, 0) is 69.4 Å². The zero-order valence-electron chi connectivity index (χ0n) is 21.4. The molecule has 0 saturated heterocycles. The molecule has 1 aliphatic heterocycles. The largest absolute Gasteiger partial charge is 0.393 e. The third-order valence-electron chi connectivity index (χ3n) is 7.67. The maximum absolute atomic E-state index is 13.9. The van der Waals surface area contributed by atoms with Crippen LogP contribution in [-0.2, 0) is 23.0 Å². The van der Waals surface area contributed by atoms with Crippen LogP contribution in [0.5, 0.6) is 0 Å². The Hall–Kier alpha value is -2.05. The van der Waals surface area contributed by atoms with E-state index in [1.807, 2.05) is 6.92 Å². The number of aliphatic hydroxyl groups is 2. The van der Waals surface area contributed by atoms with Gasteiger partial charge in [-0.25, -0.2) is 21.9 Å². The summed E-state index contributed by atoms with van der Waals surface area (Å²) in [6, 6.07) is 2.45. The Morgan fingerprint density at radius 3 is 2.63 bits per heavy atom. The van der Waals surface area contributed by atoms with Crippen LogP contribution in [-0.4, -0.2) is 47.4 Å². The number of amides is 1. The molecule has 0 spiro atoms. The number of rotatable bonds is 8. The predicted octanol–water partition coefficient (Wildman–Crippen LogP) is 4.22. The van der Waals surface area contributed by atoms with Crippen LogP contribution in [0.4, 0.5) is 14.5 Å². The lowest BCUT2D eigenvalue weighted by molar-refractivity contribution is -0.0194. The maximum Gasteiger partial charge on any atom is 0.273 e. The van der Waals surface area contributed by atoms with Crippen LogP contribution in [0.1, 0.15) is 68.6 Å². The van der Waals surface area contributed by atoms with E-state index in [-0.39, 0.29) is 39.6 Å². The number of carbonyl (C=O) groups excluding carboxylic acids is 1. The van der Waals surface area contributed by atoms with Gasteiger partial charge in [-0.2, -0.15) is 0 Å². The summed E-state index contributed by atoms with van der Waals surface area (Å²) in [5.74, 6) is -3.12. The number of aliphatic hydroxyl groups excluding tert-OH is 1. The predicted molar refractivity (Wildman–Crippen MR) is 140 cm³/mol. The Labute approximate surface area is 226 Å². The standard InChI is InChI=1S/C26H34ClF2N3O5S/c1-15-7-8-16(13-26(2,35)14-33)22(15)31-38(36,37)24-20-6-4-3-5-11-32(20)23(21(24)27)25(34)30-17-9-10-18(28)19(29)12-17/h9-10,12,15-16,22,31,33,35H,3-8,11,13-14H2,1-2H3,(H,30,34). The summed E-state index contributed by atoms with van der Waals surface area (Å²) in [5, 5.41) is 22.2. The molecule has 4 rings (SSSR count). The van der Waals surface area contributed by atoms with Crippen molar-refractivity contribution in [3.05, 3.63) is 46.2 Å². The molecule has 0 bridgehead atoms. The Morgan fingerprint density at radius 1 is 1.21 bits per heavy atom. The van der Waals surface area contributed by atoms with Gasteiger partial charge in [0.2, 0.25) is 10.0 Å². The van der Waals surface area contributed by atoms with Crippen LogP contribution in [0.15, 0.2) is 23.1 Å². The van der Waals surface area contributed by atoms with E-state index in [0.29, 0.717) is 31.5 Å². The first kappa shape index (κ1) is 28.9. The average molecular weight is 574 g/mol. The first-order valence-corrected chi connectivity index (χ1v) is 14.7. The molecule has 1 saturated carbocycles. The first-order chi connectivity index (χ1) is 17.8. The van der Waals surface area contributed by atoms with Crippen molar-refractivity contribution in [1.29, 1.82) is 0 Å². The molecule has 1 aromatic heterocycles. The number of hydrogen-bond acceptors (Lipinski definition) is 5. The SMILES string of the molecule is CC1CCC(CC(C)(O)CO)C1NS(=O)(=O)c1c(Cl)c(C(=O)Nc2ccc(F)c(F)c2)n2c1CCCCC2. The number of sulfonamides is 1. The fourth-order valence-electron chi connectivity index (χ4n) is 5.71. The van der Waals surface area contributed by atoms with Gasteiger partial charge in [-0.15, -0.1) is 0 Å². The smallest absolute Gasteiger partial charge is 0.273 e. The lowest BCUT2D eigenvalue weighted by atomic mass is 9.88. The van der Waals surface area contributed by atoms with Gasteiger partial charge in [0.15, 0.2) is 11.6 Å². The lowest BCUT2D eigenvalue weighted by Crippen LogP contribution is -2.44. The molecule has 2 heterocycles. The number of aromatic nitrogens is 1. The topological polar surface area (TPSA) is 121 Å². The van der Waals surface area contributed by atoms with E-state index in [4.69, 9.17) is 11.6 Å². The quantitative estimate of drug-likeness (QED) is 0.377. The van der Waals surface area contributed by atoms with Gasteiger partial charge in [-0.3, -0.25) is 4.79 Å². The van der Waals surface area contributed by atoms with Crippen molar-refractivity contribution in [2.45, 2.75) is 81.9 Å². The third-order valence-corrected chi connectivity index (χ3v) is 9.71. The molecule has 8 nitrogen and oxygen atoms in total. The van der Waals surface area contributed by atoms with Crippen molar-refractivity contribution >= 4 is 33.2 Å². The van der Waals surface area contributed by atoms with Gasteiger partial charge in [0.1, 0.15) is 10.6 Å². The molecule has 2 aromatic rings. The zero-order valence-corrected chi connectivity index (χ0v) is 23.0. The molecular formula is C26H34ClF2N3O5S. The van der Waals surface area contributed by atoms with E-state index in [1.54, 1.807) is 4.57 Å². The Balaban J connectivity index is 1.70. The average Bonchev–Trinajstić information content (AvgIpc) is 3.20. The van der Waals surface area contributed by atoms with E-state index in [1.165, 1.54) is 13.0 Å². The van der Waals surface area contributed by atoms with Gasteiger partial charge in [0.05, 0.1) is 17.2 Å². The zero-order chi connectivity index (χ0) is 27.8. The van der Waals surface area contributed by atoms with Crippen molar-refractivity contribution in [3.63, 3.8) is 0 Å². The third kappa shape index (κ3) is 5.91. The van der Waals surface area contributed by atoms with Gasteiger partial charge < -0.3 is 20.1 Å². The summed E-state index contributed by atoms with van der Waals surface area (Å²) in [6.45, 7) is 3.40. The first-order valence-electron chi connectivity index (χ1n) is 12.9. The molecule has 2 aliphatic rings. The molecule has 1 aliphatic carbocycles. The molecule has 1 fully saturated rings. The molecule has 1 amide bonds. The number of benzene rings is 1.